The molecule has 0 unspecified atom stereocenters. The van der Waals surface area contributed by atoms with Gasteiger partial charge in [-0.2, -0.15) is 0 Å². The van der Waals surface area contributed by atoms with E-state index in [0.29, 0.717) is 4.70 Å². The summed E-state index contributed by atoms with van der Waals surface area (Å²) in [6.07, 6.45) is 0.0838. The van der Waals surface area contributed by atoms with Gasteiger partial charge in [-0.05, 0) is 63.6 Å². The van der Waals surface area contributed by atoms with E-state index in [1.165, 1.54) is 6.07 Å². The van der Waals surface area contributed by atoms with Crippen LogP contribution in [-0.4, -0.2) is 19.1 Å². The number of sulfonamides is 1. The summed E-state index contributed by atoms with van der Waals surface area (Å²) >= 11 is 1.06. The lowest BCUT2D eigenvalue weighted by atomic mass is 10.2. The minimum absolute atomic E-state index is 0.0180. The Bertz CT molecular complexity index is 1130. The fraction of sp³-hybridized carbons (Fsp3) is 0.350. The molecule has 0 atom stereocenters. The van der Waals surface area contributed by atoms with E-state index in [9.17, 15) is 13.2 Å². The molecule has 3 aromatic rings. The number of benzene rings is 2. The third-order valence-corrected chi connectivity index (χ3v) is 6.49. The summed E-state index contributed by atoms with van der Waals surface area (Å²) in [7, 11) is -3.69. The maximum atomic E-state index is 12.7. The van der Waals surface area contributed by atoms with Gasteiger partial charge >= 0.3 is 4.87 Å². The zero-order valence-electron chi connectivity index (χ0n) is 16.3. The molecule has 28 heavy (non-hydrogen) atoms. The largest absolute Gasteiger partial charge is 0.491 e. The number of fused-ring (bicyclic) bond motifs is 1. The van der Waals surface area contributed by atoms with Gasteiger partial charge in [-0.3, -0.25) is 9.36 Å². The van der Waals surface area contributed by atoms with E-state index >= 15 is 0 Å². The van der Waals surface area contributed by atoms with Gasteiger partial charge in [0.25, 0.3) is 0 Å². The van der Waals surface area contributed by atoms with Gasteiger partial charge in [0.15, 0.2) is 0 Å². The van der Waals surface area contributed by atoms with Crippen molar-refractivity contribution >= 4 is 31.6 Å². The molecule has 150 valence electrons. The molecule has 0 aliphatic rings. The Kier molecular flexibility index (Phi) is 5.92. The number of hydrogen-bond acceptors (Lipinski definition) is 5. The molecule has 0 saturated heterocycles. The summed E-state index contributed by atoms with van der Waals surface area (Å²) in [4.78, 5) is 12.2. The molecule has 1 aromatic heterocycles. The van der Waals surface area contributed by atoms with Crippen LogP contribution in [0.15, 0.2) is 52.2 Å². The number of nitrogens with zero attached hydrogens (tertiary/aromatic N) is 1. The van der Waals surface area contributed by atoms with E-state index in [-0.39, 0.29) is 28.5 Å². The van der Waals surface area contributed by atoms with E-state index in [2.05, 4.69) is 4.72 Å². The molecule has 0 aliphatic carbocycles. The van der Waals surface area contributed by atoms with Crippen LogP contribution in [0.3, 0.4) is 0 Å². The van der Waals surface area contributed by atoms with Crippen molar-refractivity contribution in [1.82, 2.24) is 9.29 Å². The van der Waals surface area contributed by atoms with Crippen LogP contribution in [0.25, 0.3) is 10.2 Å². The molecule has 0 saturated carbocycles. The Morgan fingerprint density at radius 1 is 1.07 bits per heavy atom. The normalized spacial score (nSPS) is 12.2. The maximum Gasteiger partial charge on any atom is 0.308 e. The predicted molar refractivity (Wildman–Crippen MR) is 113 cm³/mol. The highest BCUT2D eigenvalue weighted by Gasteiger charge is 2.17. The lowest BCUT2D eigenvalue weighted by Crippen LogP contribution is -2.23. The minimum Gasteiger partial charge on any atom is -0.491 e. The van der Waals surface area contributed by atoms with Gasteiger partial charge in [0.1, 0.15) is 5.75 Å². The number of rotatable bonds is 7. The van der Waals surface area contributed by atoms with Crippen molar-refractivity contribution in [2.75, 3.05) is 0 Å². The van der Waals surface area contributed by atoms with Crippen LogP contribution in [-0.2, 0) is 16.6 Å². The van der Waals surface area contributed by atoms with Crippen LogP contribution < -0.4 is 14.3 Å². The molecule has 0 aliphatic heterocycles. The molecular formula is C20H24N2O4S2. The second-order valence-corrected chi connectivity index (χ2v) is 9.86. The van der Waals surface area contributed by atoms with Crippen LogP contribution in [0.4, 0.5) is 0 Å². The average molecular weight is 421 g/mol. The standard InChI is InChI=1S/C20H24N2O4S2/c1-13(2)22-18-10-9-17(11-19(18)27-20(22)23)28(24,25)21-12-15-5-7-16(8-6-15)26-14(3)4/h5-11,13-14,21H,12H2,1-4H3. The monoisotopic (exact) mass is 420 g/mol. The Morgan fingerprint density at radius 2 is 1.75 bits per heavy atom. The van der Waals surface area contributed by atoms with E-state index in [4.69, 9.17) is 4.74 Å². The number of ether oxygens (including phenoxy) is 1. The van der Waals surface area contributed by atoms with E-state index < -0.39 is 10.0 Å². The lowest BCUT2D eigenvalue weighted by Gasteiger charge is -2.11. The SMILES string of the molecule is CC(C)Oc1ccc(CNS(=O)(=O)c2ccc3c(c2)sc(=O)n3C(C)C)cc1. The highest BCUT2D eigenvalue weighted by molar-refractivity contribution is 7.89. The van der Waals surface area contributed by atoms with Gasteiger partial charge < -0.3 is 4.74 Å². The Morgan fingerprint density at radius 3 is 2.36 bits per heavy atom. The Labute approximate surface area is 168 Å². The number of aromatic nitrogens is 1. The summed E-state index contributed by atoms with van der Waals surface area (Å²) in [5.41, 5.74) is 1.58. The van der Waals surface area contributed by atoms with Crippen LogP contribution >= 0.6 is 11.3 Å². The highest BCUT2D eigenvalue weighted by atomic mass is 32.2. The molecule has 3 rings (SSSR count). The van der Waals surface area contributed by atoms with Gasteiger partial charge in [-0.1, -0.05) is 23.5 Å². The predicted octanol–water partition coefficient (Wildman–Crippen LogP) is 3.91. The van der Waals surface area contributed by atoms with Crippen LogP contribution in [0.5, 0.6) is 5.75 Å². The molecule has 0 fully saturated rings. The van der Waals surface area contributed by atoms with Crippen LogP contribution in [0.2, 0.25) is 0 Å². The first kappa shape index (κ1) is 20.6. The molecule has 8 heteroatoms. The molecule has 1 N–H and O–H groups in total. The zero-order chi connectivity index (χ0) is 20.5. The van der Waals surface area contributed by atoms with E-state index in [1.54, 1.807) is 16.7 Å². The van der Waals surface area contributed by atoms with E-state index in [1.807, 2.05) is 52.0 Å². The molecular weight excluding hydrogens is 396 g/mol. The second kappa shape index (κ2) is 8.06. The first-order valence-electron chi connectivity index (χ1n) is 9.08. The fourth-order valence-electron chi connectivity index (χ4n) is 2.89. The van der Waals surface area contributed by atoms with Crippen molar-refractivity contribution in [2.45, 2.75) is 51.3 Å². The highest BCUT2D eigenvalue weighted by Crippen LogP contribution is 2.24. The summed E-state index contributed by atoms with van der Waals surface area (Å²) < 4.78 is 35.9. The molecule has 1 heterocycles. The summed E-state index contributed by atoms with van der Waals surface area (Å²) in [5, 5.41) is 0. The fourth-order valence-corrected chi connectivity index (χ4v) is 5.06. The van der Waals surface area contributed by atoms with Gasteiger partial charge in [0.2, 0.25) is 10.0 Å². The van der Waals surface area contributed by atoms with Crippen molar-refractivity contribution in [2.24, 2.45) is 0 Å². The number of thiazole rings is 1. The average Bonchev–Trinajstić information content (AvgIpc) is 2.95. The third-order valence-electron chi connectivity index (χ3n) is 4.17. The minimum atomic E-state index is -3.69. The summed E-state index contributed by atoms with van der Waals surface area (Å²) in [6, 6.07) is 12.1. The Balaban J connectivity index is 1.78. The third kappa shape index (κ3) is 4.45. The quantitative estimate of drug-likeness (QED) is 0.629. The maximum absolute atomic E-state index is 12.7. The lowest BCUT2D eigenvalue weighted by molar-refractivity contribution is 0.242. The van der Waals surface area contributed by atoms with Crippen molar-refractivity contribution in [1.29, 1.82) is 0 Å². The first-order chi connectivity index (χ1) is 13.2. The summed E-state index contributed by atoms with van der Waals surface area (Å²) in [6.45, 7) is 7.93. The van der Waals surface area contributed by atoms with E-state index in [0.717, 1.165) is 28.2 Å². The number of hydrogen-bond donors (Lipinski definition) is 1. The van der Waals surface area contributed by atoms with Gasteiger partial charge in [-0.25, -0.2) is 13.1 Å². The zero-order valence-corrected chi connectivity index (χ0v) is 17.9. The molecule has 0 amide bonds. The van der Waals surface area contributed by atoms with Crippen molar-refractivity contribution in [3.63, 3.8) is 0 Å². The first-order valence-corrected chi connectivity index (χ1v) is 11.4. The molecule has 0 spiro atoms. The van der Waals surface area contributed by atoms with Crippen molar-refractivity contribution < 1.29 is 13.2 Å². The smallest absolute Gasteiger partial charge is 0.308 e. The van der Waals surface area contributed by atoms with Crippen LogP contribution in [0.1, 0.15) is 39.3 Å². The van der Waals surface area contributed by atoms with Crippen molar-refractivity contribution in [3.05, 3.63) is 57.7 Å². The summed E-state index contributed by atoms with van der Waals surface area (Å²) in [5.74, 6) is 0.747. The molecule has 0 bridgehead atoms. The van der Waals surface area contributed by atoms with Crippen LogP contribution in [0, 0.1) is 0 Å². The molecule has 2 aromatic carbocycles. The van der Waals surface area contributed by atoms with Gasteiger partial charge in [0, 0.05) is 12.6 Å². The van der Waals surface area contributed by atoms with Gasteiger partial charge in [0.05, 0.1) is 21.2 Å². The topological polar surface area (TPSA) is 77.4 Å². The molecule has 6 nitrogen and oxygen atoms in total. The van der Waals surface area contributed by atoms with Gasteiger partial charge in [-0.15, -0.1) is 0 Å². The number of nitrogens with one attached hydrogen (secondary N) is 1. The molecule has 0 radical (unpaired) electrons. The van der Waals surface area contributed by atoms with Crippen molar-refractivity contribution in [3.8, 4) is 5.75 Å². The second-order valence-electron chi connectivity index (χ2n) is 7.10. The Hall–Kier alpha value is -2.16.